The summed E-state index contributed by atoms with van der Waals surface area (Å²) in [7, 11) is 0. The van der Waals surface area contributed by atoms with Crippen LogP contribution < -0.4 is 16.0 Å². The molecule has 1 heterocycles. The zero-order chi connectivity index (χ0) is 13.5. The molecule has 1 rings (SSSR count). The van der Waals surface area contributed by atoms with Crippen molar-refractivity contribution < 1.29 is 24.6 Å². The summed E-state index contributed by atoms with van der Waals surface area (Å²) in [4.78, 5) is 33.0. The minimum absolute atomic E-state index is 0.0501. The van der Waals surface area contributed by atoms with Crippen molar-refractivity contribution in [3.8, 4) is 0 Å². The SMILES string of the molecule is O=C1CCC(CNC(=O)N[C@H](CCO)C(=O)O)N1. The molecule has 1 saturated heterocycles. The van der Waals surface area contributed by atoms with Crippen LogP contribution in [0.1, 0.15) is 19.3 Å². The number of carboxylic acid groups (broad SMARTS) is 1. The van der Waals surface area contributed by atoms with Gasteiger partial charge in [0.05, 0.1) is 0 Å². The van der Waals surface area contributed by atoms with E-state index in [4.69, 9.17) is 10.2 Å². The molecule has 102 valence electrons. The van der Waals surface area contributed by atoms with Gasteiger partial charge in [0.25, 0.3) is 0 Å². The third kappa shape index (κ3) is 4.58. The second-order valence-electron chi connectivity index (χ2n) is 4.06. The number of hydrogen-bond donors (Lipinski definition) is 5. The summed E-state index contributed by atoms with van der Waals surface area (Å²) in [5.41, 5.74) is 0. The van der Waals surface area contributed by atoms with Gasteiger partial charge in [0.15, 0.2) is 0 Å². The molecule has 0 aromatic heterocycles. The number of carboxylic acids is 1. The van der Waals surface area contributed by atoms with Crippen molar-refractivity contribution in [1.29, 1.82) is 0 Å². The maximum absolute atomic E-state index is 11.4. The third-order valence-corrected chi connectivity index (χ3v) is 2.62. The highest BCUT2D eigenvalue weighted by atomic mass is 16.4. The molecule has 0 aliphatic carbocycles. The summed E-state index contributed by atoms with van der Waals surface area (Å²) in [6.07, 6.45) is 1.04. The van der Waals surface area contributed by atoms with E-state index < -0.39 is 18.0 Å². The van der Waals surface area contributed by atoms with Gasteiger partial charge in [-0.1, -0.05) is 0 Å². The summed E-state index contributed by atoms with van der Waals surface area (Å²) >= 11 is 0. The lowest BCUT2D eigenvalue weighted by Crippen LogP contribution is -2.49. The Kier molecular flexibility index (Phi) is 5.37. The van der Waals surface area contributed by atoms with Crippen molar-refractivity contribution in [2.24, 2.45) is 0 Å². The Bertz CT molecular complexity index is 333. The molecule has 0 aromatic carbocycles. The Hall–Kier alpha value is -1.83. The van der Waals surface area contributed by atoms with Crippen LogP contribution in [0.15, 0.2) is 0 Å². The Morgan fingerprint density at radius 1 is 1.50 bits per heavy atom. The molecule has 2 atom stereocenters. The Balaban J connectivity index is 2.27. The molecule has 8 heteroatoms. The van der Waals surface area contributed by atoms with Crippen molar-refractivity contribution in [2.45, 2.75) is 31.3 Å². The molecule has 0 spiro atoms. The summed E-state index contributed by atoms with van der Waals surface area (Å²) in [6.45, 7) is -0.0705. The van der Waals surface area contributed by atoms with Gasteiger partial charge >= 0.3 is 12.0 Å². The number of urea groups is 1. The summed E-state index contributed by atoms with van der Waals surface area (Å²) < 4.78 is 0. The number of carbonyl (C=O) groups is 3. The summed E-state index contributed by atoms with van der Waals surface area (Å²) in [5.74, 6) is -1.25. The van der Waals surface area contributed by atoms with Gasteiger partial charge in [0.1, 0.15) is 6.04 Å². The molecule has 1 fully saturated rings. The molecule has 18 heavy (non-hydrogen) atoms. The van der Waals surface area contributed by atoms with Gasteiger partial charge in [0, 0.05) is 32.0 Å². The van der Waals surface area contributed by atoms with Crippen LogP contribution in [0.2, 0.25) is 0 Å². The third-order valence-electron chi connectivity index (χ3n) is 2.62. The second kappa shape index (κ2) is 6.80. The highest BCUT2D eigenvalue weighted by Crippen LogP contribution is 2.04. The van der Waals surface area contributed by atoms with Gasteiger partial charge in [-0.05, 0) is 6.42 Å². The number of rotatable bonds is 6. The summed E-state index contributed by atoms with van der Waals surface area (Å²) in [6, 6.07) is -1.85. The first-order chi connectivity index (χ1) is 8.52. The molecule has 1 aliphatic heterocycles. The normalized spacial score (nSPS) is 20.1. The summed E-state index contributed by atoms with van der Waals surface area (Å²) in [5, 5.41) is 24.8. The lowest BCUT2D eigenvalue weighted by Gasteiger charge is -2.16. The van der Waals surface area contributed by atoms with Gasteiger partial charge in [0.2, 0.25) is 5.91 Å². The van der Waals surface area contributed by atoms with E-state index in [1.807, 2.05) is 0 Å². The fourth-order valence-corrected chi connectivity index (χ4v) is 1.64. The topological polar surface area (TPSA) is 128 Å². The van der Waals surface area contributed by atoms with Gasteiger partial charge in [-0.25, -0.2) is 9.59 Å². The molecule has 0 bridgehead atoms. The van der Waals surface area contributed by atoms with Crippen molar-refractivity contribution in [1.82, 2.24) is 16.0 Å². The minimum Gasteiger partial charge on any atom is -0.480 e. The largest absolute Gasteiger partial charge is 0.480 e. The fourth-order valence-electron chi connectivity index (χ4n) is 1.64. The van der Waals surface area contributed by atoms with E-state index in [0.29, 0.717) is 12.8 Å². The molecule has 0 aromatic rings. The van der Waals surface area contributed by atoms with Crippen LogP contribution in [0.4, 0.5) is 4.79 Å². The standard InChI is InChI=1S/C10H17N3O5/c14-4-3-7(9(16)17)13-10(18)11-5-6-1-2-8(15)12-6/h6-7,14H,1-5H2,(H,12,15)(H,16,17)(H2,11,13,18)/t6?,7-/m1/s1. The van der Waals surface area contributed by atoms with Crippen LogP contribution in [0.25, 0.3) is 0 Å². The molecule has 1 unspecified atom stereocenters. The highest BCUT2D eigenvalue weighted by molar-refractivity contribution is 5.82. The molecule has 5 N–H and O–H groups in total. The lowest BCUT2D eigenvalue weighted by molar-refractivity contribution is -0.139. The number of aliphatic hydroxyl groups excluding tert-OH is 1. The van der Waals surface area contributed by atoms with E-state index in [9.17, 15) is 14.4 Å². The smallest absolute Gasteiger partial charge is 0.326 e. The number of nitrogens with one attached hydrogen (secondary N) is 3. The number of aliphatic hydroxyl groups is 1. The highest BCUT2D eigenvalue weighted by Gasteiger charge is 2.22. The number of amides is 3. The molecule has 3 amide bonds. The Labute approximate surface area is 104 Å². The van der Waals surface area contributed by atoms with E-state index in [1.165, 1.54) is 0 Å². The lowest BCUT2D eigenvalue weighted by atomic mass is 10.2. The minimum atomic E-state index is -1.20. The molecule has 8 nitrogen and oxygen atoms in total. The number of aliphatic carboxylic acids is 1. The van der Waals surface area contributed by atoms with Crippen LogP contribution in [-0.2, 0) is 9.59 Å². The first kappa shape index (κ1) is 14.2. The van der Waals surface area contributed by atoms with Gasteiger partial charge in [-0.2, -0.15) is 0 Å². The Morgan fingerprint density at radius 3 is 2.72 bits per heavy atom. The number of carbonyl (C=O) groups excluding carboxylic acids is 2. The first-order valence-electron chi connectivity index (χ1n) is 5.70. The molecule has 0 saturated carbocycles. The Morgan fingerprint density at radius 2 is 2.22 bits per heavy atom. The van der Waals surface area contributed by atoms with Crippen molar-refractivity contribution in [3.63, 3.8) is 0 Å². The molecule has 1 aliphatic rings. The zero-order valence-electron chi connectivity index (χ0n) is 9.81. The van der Waals surface area contributed by atoms with Crippen molar-refractivity contribution >= 4 is 17.9 Å². The maximum Gasteiger partial charge on any atom is 0.326 e. The predicted molar refractivity (Wildman–Crippen MR) is 60.8 cm³/mol. The molecule has 0 radical (unpaired) electrons. The van der Waals surface area contributed by atoms with Crippen LogP contribution in [0.3, 0.4) is 0 Å². The first-order valence-corrected chi connectivity index (χ1v) is 5.70. The fraction of sp³-hybridized carbons (Fsp3) is 0.700. The van der Waals surface area contributed by atoms with Gasteiger partial charge in [-0.15, -0.1) is 0 Å². The molecular weight excluding hydrogens is 242 g/mol. The molecular formula is C10H17N3O5. The van der Waals surface area contributed by atoms with Crippen LogP contribution in [-0.4, -0.2) is 53.4 Å². The van der Waals surface area contributed by atoms with E-state index in [0.717, 1.165) is 0 Å². The van der Waals surface area contributed by atoms with Gasteiger partial charge in [-0.3, -0.25) is 4.79 Å². The van der Waals surface area contributed by atoms with Crippen molar-refractivity contribution in [2.75, 3.05) is 13.2 Å². The number of hydrogen-bond acceptors (Lipinski definition) is 4. The average Bonchev–Trinajstić information content (AvgIpc) is 2.72. The van der Waals surface area contributed by atoms with E-state index in [2.05, 4.69) is 16.0 Å². The van der Waals surface area contributed by atoms with E-state index >= 15 is 0 Å². The van der Waals surface area contributed by atoms with Crippen LogP contribution in [0, 0.1) is 0 Å². The maximum atomic E-state index is 11.4. The van der Waals surface area contributed by atoms with Gasteiger partial charge < -0.3 is 26.2 Å². The monoisotopic (exact) mass is 259 g/mol. The van der Waals surface area contributed by atoms with Crippen LogP contribution >= 0.6 is 0 Å². The second-order valence-corrected chi connectivity index (χ2v) is 4.06. The predicted octanol–water partition coefficient (Wildman–Crippen LogP) is -1.60. The van der Waals surface area contributed by atoms with Crippen molar-refractivity contribution in [3.05, 3.63) is 0 Å². The van der Waals surface area contributed by atoms with E-state index in [-0.39, 0.29) is 31.5 Å². The zero-order valence-corrected chi connectivity index (χ0v) is 9.81. The van der Waals surface area contributed by atoms with Crippen LogP contribution in [0.5, 0.6) is 0 Å². The quantitative estimate of drug-likeness (QED) is 0.392. The average molecular weight is 259 g/mol. The van der Waals surface area contributed by atoms with E-state index in [1.54, 1.807) is 0 Å².